The minimum Gasteiger partial charge on any atom is -0.337 e. The first-order chi connectivity index (χ1) is 12.7. The molecule has 146 valence electrons. The normalized spacial score (nSPS) is 15.7. The number of fused-ring (bicyclic) bond motifs is 1. The number of hydrogen-bond donors (Lipinski definition) is 1. The molecule has 1 saturated heterocycles. The molecule has 0 radical (unpaired) electrons. The van der Waals surface area contributed by atoms with Gasteiger partial charge in [0, 0.05) is 44.3 Å². The SMILES string of the molecule is Cc1nc2cc(C(=O)N3CCCN(C(=O)NC(C)(C)C)CC3)ccc2n1C. The highest BCUT2D eigenvalue weighted by Gasteiger charge is 2.25. The van der Waals surface area contributed by atoms with E-state index in [1.54, 1.807) is 4.90 Å². The topological polar surface area (TPSA) is 70.5 Å². The van der Waals surface area contributed by atoms with Crippen molar-refractivity contribution in [3.8, 4) is 0 Å². The summed E-state index contributed by atoms with van der Waals surface area (Å²) < 4.78 is 2.02. The molecular formula is C20H29N5O2. The molecule has 0 aliphatic carbocycles. The van der Waals surface area contributed by atoms with Gasteiger partial charge < -0.3 is 19.7 Å². The van der Waals surface area contributed by atoms with Gasteiger partial charge in [0.25, 0.3) is 5.91 Å². The summed E-state index contributed by atoms with van der Waals surface area (Å²) in [4.78, 5) is 33.5. The summed E-state index contributed by atoms with van der Waals surface area (Å²) in [6, 6.07) is 5.60. The van der Waals surface area contributed by atoms with Gasteiger partial charge in [0.05, 0.1) is 11.0 Å². The lowest BCUT2D eigenvalue weighted by atomic mass is 10.1. The molecule has 1 aromatic carbocycles. The van der Waals surface area contributed by atoms with E-state index in [-0.39, 0.29) is 17.5 Å². The zero-order valence-corrected chi connectivity index (χ0v) is 16.9. The molecule has 3 rings (SSSR count). The first-order valence-electron chi connectivity index (χ1n) is 9.45. The number of aromatic nitrogens is 2. The highest BCUT2D eigenvalue weighted by Crippen LogP contribution is 2.18. The predicted molar refractivity (Wildman–Crippen MR) is 106 cm³/mol. The third-order valence-electron chi connectivity index (χ3n) is 4.90. The van der Waals surface area contributed by atoms with Crippen LogP contribution in [0.25, 0.3) is 11.0 Å². The summed E-state index contributed by atoms with van der Waals surface area (Å²) in [6.45, 7) is 10.2. The molecule has 1 N–H and O–H groups in total. The molecule has 0 atom stereocenters. The van der Waals surface area contributed by atoms with E-state index in [0.717, 1.165) is 23.3 Å². The van der Waals surface area contributed by atoms with Crippen molar-refractivity contribution < 1.29 is 9.59 Å². The number of urea groups is 1. The van der Waals surface area contributed by atoms with E-state index in [9.17, 15) is 9.59 Å². The number of aryl methyl sites for hydroxylation is 2. The number of carbonyl (C=O) groups is 2. The van der Waals surface area contributed by atoms with Crippen molar-refractivity contribution in [2.24, 2.45) is 7.05 Å². The van der Waals surface area contributed by atoms with Gasteiger partial charge >= 0.3 is 6.03 Å². The Labute approximate surface area is 160 Å². The standard InChI is InChI=1S/C20H29N5O2/c1-14-21-16-13-15(7-8-17(16)23(14)5)18(26)24-9-6-10-25(12-11-24)19(27)22-20(2,3)4/h7-8,13H,6,9-12H2,1-5H3,(H,22,27). The van der Waals surface area contributed by atoms with Gasteiger partial charge in [-0.05, 0) is 52.3 Å². The van der Waals surface area contributed by atoms with E-state index in [1.807, 2.05) is 62.4 Å². The van der Waals surface area contributed by atoms with Gasteiger partial charge in [-0.25, -0.2) is 9.78 Å². The van der Waals surface area contributed by atoms with Crippen molar-refractivity contribution in [2.75, 3.05) is 26.2 Å². The van der Waals surface area contributed by atoms with Crippen LogP contribution >= 0.6 is 0 Å². The highest BCUT2D eigenvalue weighted by molar-refractivity contribution is 5.97. The summed E-state index contributed by atoms with van der Waals surface area (Å²) in [5.41, 5.74) is 2.23. The van der Waals surface area contributed by atoms with Crippen molar-refractivity contribution in [1.82, 2.24) is 24.7 Å². The van der Waals surface area contributed by atoms with Gasteiger partial charge in [0.2, 0.25) is 0 Å². The van der Waals surface area contributed by atoms with Crippen LogP contribution in [0.15, 0.2) is 18.2 Å². The monoisotopic (exact) mass is 371 g/mol. The Balaban J connectivity index is 1.70. The number of hydrogen-bond acceptors (Lipinski definition) is 3. The minimum atomic E-state index is -0.269. The summed E-state index contributed by atoms with van der Waals surface area (Å²) >= 11 is 0. The number of imidazole rings is 1. The first-order valence-corrected chi connectivity index (χ1v) is 9.45. The van der Waals surface area contributed by atoms with Crippen molar-refractivity contribution in [3.05, 3.63) is 29.6 Å². The molecular weight excluding hydrogens is 342 g/mol. The number of rotatable bonds is 1. The van der Waals surface area contributed by atoms with E-state index >= 15 is 0 Å². The summed E-state index contributed by atoms with van der Waals surface area (Å²) in [7, 11) is 1.97. The lowest BCUT2D eigenvalue weighted by Gasteiger charge is -2.27. The second-order valence-corrected chi connectivity index (χ2v) is 8.23. The molecule has 7 heteroatoms. The van der Waals surface area contributed by atoms with Crippen LogP contribution in [-0.4, -0.2) is 63.0 Å². The van der Waals surface area contributed by atoms with Crippen LogP contribution in [0.5, 0.6) is 0 Å². The van der Waals surface area contributed by atoms with E-state index in [0.29, 0.717) is 31.7 Å². The van der Waals surface area contributed by atoms with Crippen LogP contribution < -0.4 is 5.32 Å². The van der Waals surface area contributed by atoms with Crippen LogP contribution in [0.2, 0.25) is 0 Å². The zero-order valence-electron chi connectivity index (χ0n) is 16.9. The van der Waals surface area contributed by atoms with Crippen molar-refractivity contribution in [1.29, 1.82) is 0 Å². The van der Waals surface area contributed by atoms with Crippen molar-refractivity contribution >= 4 is 23.0 Å². The average Bonchev–Trinajstić information content (AvgIpc) is 2.77. The van der Waals surface area contributed by atoms with Gasteiger partial charge in [-0.3, -0.25) is 4.79 Å². The Morgan fingerprint density at radius 1 is 1.07 bits per heavy atom. The fourth-order valence-corrected chi connectivity index (χ4v) is 3.36. The maximum atomic E-state index is 13.0. The van der Waals surface area contributed by atoms with E-state index in [4.69, 9.17) is 0 Å². The first kappa shape index (κ1) is 19.2. The average molecular weight is 371 g/mol. The number of amides is 3. The quantitative estimate of drug-likeness (QED) is 0.837. The predicted octanol–water partition coefficient (Wildman–Crippen LogP) is 2.54. The maximum absolute atomic E-state index is 13.0. The van der Waals surface area contributed by atoms with E-state index in [2.05, 4.69) is 10.3 Å². The molecule has 27 heavy (non-hydrogen) atoms. The van der Waals surface area contributed by atoms with Crippen LogP contribution in [0, 0.1) is 6.92 Å². The fraction of sp³-hybridized carbons (Fsp3) is 0.550. The Morgan fingerprint density at radius 2 is 1.74 bits per heavy atom. The Hall–Kier alpha value is -2.57. The van der Waals surface area contributed by atoms with Crippen LogP contribution in [0.1, 0.15) is 43.4 Å². The molecule has 3 amide bonds. The van der Waals surface area contributed by atoms with Crippen LogP contribution in [0.3, 0.4) is 0 Å². The fourth-order valence-electron chi connectivity index (χ4n) is 3.36. The highest BCUT2D eigenvalue weighted by atomic mass is 16.2. The molecule has 1 fully saturated rings. The number of nitrogens with zero attached hydrogens (tertiary/aromatic N) is 4. The molecule has 0 spiro atoms. The molecule has 1 aliphatic heterocycles. The van der Waals surface area contributed by atoms with E-state index in [1.165, 1.54) is 0 Å². The Morgan fingerprint density at radius 3 is 2.44 bits per heavy atom. The molecule has 7 nitrogen and oxygen atoms in total. The summed E-state index contributed by atoms with van der Waals surface area (Å²) in [5, 5.41) is 2.99. The molecule has 0 unspecified atom stereocenters. The largest absolute Gasteiger partial charge is 0.337 e. The number of nitrogens with one attached hydrogen (secondary N) is 1. The lowest BCUT2D eigenvalue weighted by molar-refractivity contribution is 0.0762. The summed E-state index contributed by atoms with van der Waals surface area (Å²) in [6.07, 6.45) is 0.772. The van der Waals surface area contributed by atoms with Gasteiger partial charge in [-0.1, -0.05) is 0 Å². The molecule has 0 bridgehead atoms. The minimum absolute atomic E-state index is 0.00159. The summed E-state index contributed by atoms with van der Waals surface area (Å²) in [5.74, 6) is 0.920. The molecule has 0 saturated carbocycles. The van der Waals surface area contributed by atoms with Crippen molar-refractivity contribution in [3.63, 3.8) is 0 Å². The zero-order chi connectivity index (χ0) is 19.8. The van der Waals surface area contributed by atoms with Gasteiger partial charge in [0.15, 0.2) is 0 Å². The molecule has 1 aliphatic rings. The number of carbonyl (C=O) groups excluding carboxylic acids is 2. The number of benzene rings is 1. The van der Waals surface area contributed by atoms with Crippen LogP contribution in [0.4, 0.5) is 4.79 Å². The smallest absolute Gasteiger partial charge is 0.317 e. The maximum Gasteiger partial charge on any atom is 0.317 e. The second kappa shape index (κ2) is 7.21. The Bertz CT molecular complexity index is 865. The van der Waals surface area contributed by atoms with Crippen molar-refractivity contribution in [2.45, 2.75) is 39.7 Å². The van der Waals surface area contributed by atoms with Gasteiger partial charge in [0.1, 0.15) is 5.82 Å². The van der Waals surface area contributed by atoms with E-state index < -0.39 is 0 Å². The molecule has 2 heterocycles. The molecule has 1 aromatic heterocycles. The third kappa shape index (κ3) is 4.23. The second-order valence-electron chi connectivity index (χ2n) is 8.23. The lowest BCUT2D eigenvalue weighted by Crippen LogP contribution is -2.49. The third-order valence-corrected chi connectivity index (χ3v) is 4.90. The van der Waals surface area contributed by atoms with Crippen LogP contribution in [-0.2, 0) is 7.05 Å². The Kier molecular flexibility index (Phi) is 5.13. The van der Waals surface area contributed by atoms with Gasteiger partial charge in [-0.15, -0.1) is 0 Å². The van der Waals surface area contributed by atoms with Gasteiger partial charge in [-0.2, -0.15) is 0 Å². The molecule has 2 aromatic rings.